The summed E-state index contributed by atoms with van der Waals surface area (Å²) in [5.41, 5.74) is 2.04. The summed E-state index contributed by atoms with van der Waals surface area (Å²) >= 11 is 3.34. The summed E-state index contributed by atoms with van der Waals surface area (Å²) in [6, 6.07) is 10.2. The Hall–Kier alpha value is -1.72. The fourth-order valence-corrected chi connectivity index (χ4v) is 3.31. The number of nitrogens with zero attached hydrogens (tertiary/aromatic N) is 2. The Kier molecular flexibility index (Phi) is 3.08. The minimum atomic E-state index is 0.942. The Morgan fingerprint density at radius 3 is 2.56 bits per heavy atom. The first-order chi connectivity index (χ1) is 8.86. The Labute approximate surface area is 113 Å². The molecule has 18 heavy (non-hydrogen) atoms. The third-order valence-corrected chi connectivity index (χ3v) is 4.48. The monoisotopic (exact) mass is 273 g/mol. The smallest absolute Gasteiger partial charge is 0.182 e. The SMILES string of the molecule is CNc1nc(-c2ccc(-c3ccccn3)s2)cs1. The maximum atomic E-state index is 4.50. The van der Waals surface area contributed by atoms with Gasteiger partial charge >= 0.3 is 0 Å². The van der Waals surface area contributed by atoms with Gasteiger partial charge in [0.15, 0.2) is 5.13 Å². The zero-order valence-electron chi connectivity index (χ0n) is 9.75. The predicted molar refractivity (Wildman–Crippen MR) is 78.2 cm³/mol. The van der Waals surface area contributed by atoms with E-state index < -0.39 is 0 Å². The van der Waals surface area contributed by atoms with Crippen LogP contribution in [0.2, 0.25) is 0 Å². The van der Waals surface area contributed by atoms with E-state index in [9.17, 15) is 0 Å². The summed E-state index contributed by atoms with van der Waals surface area (Å²) in [5.74, 6) is 0. The highest BCUT2D eigenvalue weighted by atomic mass is 32.1. The summed E-state index contributed by atoms with van der Waals surface area (Å²) in [5, 5.41) is 6.07. The molecule has 3 aromatic heterocycles. The molecule has 0 saturated carbocycles. The van der Waals surface area contributed by atoms with Gasteiger partial charge in [0.1, 0.15) is 0 Å². The minimum absolute atomic E-state index is 0.942. The number of hydrogen-bond acceptors (Lipinski definition) is 5. The molecule has 0 aliphatic heterocycles. The number of thiophene rings is 1. The van der Waals surface area contributed by atoms with Crippen LogP contribution in [-0.2, 0) is 0 Å². The van der Waals surface area contributed by atoms with Gasteiger partial charge < -0.3 is 5.32 Å². The molecular weight excluding hydrogens is 262 g/mol. The van der Waals surface area contributed by atoms with Crippen molar-refractivity contribution in [3.63, 3.8) is 0 Å². The van der Waals surface area contributed by atoms with E-state index in [0.29, 0.717) is 0 Å². The van der Waals surface area contributed by atoms with Gasteiger partial charge in [0.25, 0.3) is 0 Å². The van der Waals surface area contributed by atoms with E-state index in [4.69, 9.17) is 0 Å². The molecule has 90 valence electrons. The van der Waals surface area contributed by atoms with Crippen molar-refractivity contribution in [1.82, 2.24) is 9.97 Å². The van der Waals surface area contributed by atoms with Gasteiger partial charge in [-0.25, -0.2) is 4.98 Å². The second kappa shape index (κ2) is 4.88. The summed E-state index contributed by atoms with van der Waals surface area (Å²) in [7, 11) is 1.89. The molecule has 0 bridgehead atoms. The molecule has 0 aliphatic rings. The molecule has 3 aromatic rings. The fourth-order valence-electron chi connectivity index (χ4n) is 1.62. The molecule has 0 saturated heterocycles. The van der Waals surface area contributed by atoms with Crippen LogP contribution in [0.3, 0.4) is 0 Å². The van der Waals surface area contributed by atoms with Crippen molar-refractivity contribution in [2.75, 3.05) is 12.4 Å². The summed E-state index contributed by atoms with van der Waals surface area (Å²) in [6.45, 7) is 0. The predicted octanol–water partition coefficient (Wildman–Crippen LogP) is 3.98. The van der Waals surface area contributed by atoms with Gasteiger partial charge in [0, 0.05) is 18.6 Å². The molecule has 0 fully saturated rings. The number of hydrogen-bond donors (Lipinski definition) is 1. The Balaban J connectivity index is 1.94. The molecule has 0 amide bonds. The van der Waals surface area contributed by atoms with Crippen LogP contribution in [0.25, 0.3) is 21.1 Å². The lowest BCUT2D eigenvalue weighted by Gasteiger charge is -1.93. The van der Waals surface area contributed by atoms with E-state index in [0.717, 1.165) is 16.5 Å². The quantitative estimate of drug-likeness (QED) is 0.784. The van der Waals surface area contributed by atoms with E-state index in [1.807, 2.05) is 31.4 Å². The van der Waals surface area contributed by atoms with Crippen molar-refractivity contribution >= 4 is 27.8 Å². The zero-order chi connectivity index (χ0) is 12.4. The van der Waals surface area contributed by atoms with E-state index in [1.54, 1.807) is 22.7 Å². The third kappa shape index (κ3) is 2.14. The highest BCUT2D eigenvalue weighted by molar-refractivity contribution is 7.19. The van der Waals surface area contributed by atoms with Crippen molar-refractivity contribution in [2.24, 2.45) is 0 Å². The largest absolute Gasteiger partial charge is 0.365 e. The number of nitrogens with one attached hydrogen (secondary N) is 1. The highest BCUT2D eigenvalue weighted by Crippen LogP contribution is 2.34. The Morgan fingerprint density at radius 2 is 1.89 bits per heavy atom. The topological polar surface area (TPSA) is 37.8 Å². The van der Waals surface area contributed by atoms with Gasteiger partial charge in [-0.15, -0.1) is 22.7 Å². The van der Waals surface area contributed by atoms with Crippen molar-refractivity contribution in [3.8, 4) is 21.1 Å². The number of thiazole rings is 1. The van der Waals surface area contributed by atoms with E-state index >= 15 is 0 Å². The summed E-state index contributed by atoms with van der Waals surface area (Å²) < 4.78 is 0. The van der Waals surface area contributed by atoms with Crippen molar-refractivity contribution < 1.29 is 0 Å². The van der Waals surface area contributed by atoms with Crippen molar-refractivity contribution in [3.05, 3.63) is 41.9 Å². The van der Waals surface area contributed by atoms with Gasteiger partial charge in [-0.05, 0) is 24.3 Å². The Bertz CT molecular complexity index is 643. The summed E-state index contributed by atoms with van der Waals surface area (Å²) in [6.07, 6.45) is 1.82. The van der Waals surface area contributed by atoms with E-state index in [2.05, 4.69) is 32.8 Å². The van der Waals surface area contributed by atoms with Crippen LogP contribution in [0, 0.1) is 0 Å². The van der Waals surface area contributed by atoms with Crippen LogP contribution in [0.4, 0.5) is 5.13 Å². The number of aromatic nitrogens is 2. The molecule has 0 aliphatic carbocycles. The van der Waals surface area contributed by atoms with E-state index in [-0.39, 0.29) is 0 Å². The Morgan fingerprint density at radius 1 is 1.06 bits per heavy atom. The van der Waals surface area contributed by atoms with Gasteiger partial charge in [-0.3, -0.25) is 4.98 Å². The van der Waals surface area contributed by atoms with Crippen LogP contribution >= 0.6 is 22.7 Å². The van der Waals surface area contributed by atoms with Crippen LogP contribution in [0.5, 0.6) is 0 Å². The normalized spacial score (nSPS) is 10.5. The third-order valence-electron chi connectivity index (χ3n) is 2.49. The van der Waals surface area contributed by atoms with Crippen LogP contribution in [0.1, 0.15) is 0 Å². The van der Waals surface area contributed by atoms with Gasteiger partial charge in [-0.2, -0.15) is 0 Å². The van der Waals surface area contributed by atoms with Crippen LogP contribution in [-0.4, -0.2) is 17.0 Å². The molecule has 3 nitrogen and oxygen atoms in total. The molecule has 1 N–H and O–H groups in total. The van der Waals surface area contributed by atoms with Crippen LogP contribution in [0.15, 0.2) is 41.9 Å². The molecule has 0 aromatic carbocycles. The molecule has 5 heteroatoms. The first-order valence-electron chi connectivity index (χ1n) is 5.52. The maximum Gasteiger partial charge on any atom is 0.182 e. The molecule has 0 spiro atoms. The van der Waals surface area contributed by atoms with Gasteiger partial charge in [-0.1, -0.05) is 6.07 Å². The first-order valence-corrected chi connectivity index (χ1v) is 7.21. The molecule has 0 radical (unpaired) electrons. The molecular formula is C13H11N3S2. The number of anilines is 1. The van der Waals surface area contributed by atoms with Gasteiger partial charge in [0.05, 0.1) is 21.1 Å². The number of rotatable bonds is 3. The van der Waals surface area contributed by atoms with Crippen LogP contribution < -0.4 is 5.32 Å². The maximum absolute atomic E-state index is 4.50. The second-order valence-electron chi connectivity index (χ2n) is 3.67. The molecule has 0 unspecified atom stereocenters. The molecule has 3 heterocycles. The lowest BCUT2D eigenvalue weighted by Crippen LogP contribution is -1.84. The zero-order valence-corrected chi connectivity index (χ0v) is 11.4. The molecule has 3 rings (SSSR count). The summed E-state index contributed by atoms with van der Waals surface area (Å²) in [4.78, 5) is 11.2. The standard InChI is InChI=1S/C13H11N3S2/c1-14-13-16-10(8-17-13)12-6-5-11(18-12)9-4-2-3-7-15-9/h2-8H,1H3,(H,14,16). The second-order valence-corrected chi connectivity index (χ2v) is 5.61. The van der Waals surface area contributed by atoms with E-state index in [1.165, 1.54) is 9.75 Å². The lowest BCUT2D eigenvalue weighted by molar-refractivity contribution is 1.34. The van der Waals surface area contributed by atoms with Crippen molar-refractivity contribution in [1.29, 1.82) is 0 Å². The lowest BCUT2D eigenvalue weighted by atomic mass is 10.3. The van der Waals surface area contributed by atoms with Gasteiger partial charge in [0.2, 0.25) is 0 Å². The highest BCUT2D eigenvalue weighted by Gasteiger charge is 2.08. The fraction of sp³-hybridized carbons (Fsp3) is 0.0769. The van der Waals surface area contributed by atoms with Crippen molar-refractivity contribution in [2.45, 2.75) is 0 Å². The number of pyridine rings is 1. The minimum Gasteiger partial charge on any atom is -0.365 e. The average molecular weight is 273 g/mol. The first kappa shape index (κ1) is 11.4. The average Bonchev–Trinajstić information content (AvgIpc) is 3.08. The molecule has 0 atom stereocenters.